The van der Waals surface area contributed by atoms with Gasteiger partial charge in [-0.25, -0.2) is 0 Å². The minimum absolute atomic E-state index is 0.262. The van der Waals surface area contributed by atoms with Crippen LogP contribution in [0.4, 0.5) is 0 Å². The standard InChI is InChI=1S/C29H22BrN3O2/c1-2-8-20-13-15-21(16-14-20)25(30)17-29(18-31,19-32)26(22-9-4-3-5-10-22)33-27(34)23-11-6-7-12-24(23)28(33)35/h3-7,9-17,26H,2,8H2,1H3. The zero-order valence-electron chi connectivity index (χ0n) is 19.1. The summed E-state index contributed by atoms with van der Waals surface area (Å²) >= 11 is 3.55. The van der Waals surface area contributed by atoms with Crippen molar-refractivity contribution in [3.63, 3.8) is 0 Å². The molecule has 1 atom stereocenters. The van der Waals surface area contributed by atoms with E-state index >= 15 is 0 Å². The summed E-state index contributed by atoms with van der Waals surface area (Å²) in [6, 6.07) is 26.3. The van der Waals surface area contributed by atoms with Gasteiger partial charge in [0.2, 0.25) is 0 Å². The summed E-state index contributed by atoms with van der Waals surface area (Å²) in [5.74, 6) is -1.05. The number of imide groups is 1. The smallest absolute Gasteiger partial charge is 0.262 e. The third-order valence-electron chi connectivity index (χ3n) is 6.12. The maximum atomic E-state index is 13.4. The molecule has 1 aliphatic rings. The van der Waals surface area contributed by atoms with Gasteiger partial charge in [0, 0.05) is 4.48 Å². The Bertz CT molecular complexity index is 1330. The van der Waals surface area contributed by atoms with Crippen molar-refractivity contribution >= 4 is 32.2 Å². The predicted octanol–water partition coefficient (Wildman–Crippen LogP) is 6.45. The molecule has 2 amide bonds. The van der Waals surface area contributed by atoms with Crippen LogP contribution in [0, 0.1) is 28.1 Å². The first-order valence-electron chi connectivity index (χ1n) is 11.3. The fourth-order valence-electron chi connectivity index (χ4n) is 4.39. The average Bonchev–Trinajstić information content (AvgIpc) is 3.14. The lowest BCUT2D eigenvalue weighted by molar-refractivity contribution is 0.0534. The second kappa shape index (κ2) is 10.1. The molecule has 172 valence electrons. The lowest BCUT2D eigenvalue weighted by Crippen LogP contribution is -2.42. The van der Waals surface area contributed by atoms with E-state index < -0.39 is 23.3 Å². The number of hydrogen-bond acceptors (Lipinski definition) is 4. The summed E-state index contributed by atoms with van der Waals surface area (Å²) in [5.41, 5.74) is 1.16. The molecule has 1 unspecified atom stereocenters. The van der Waals surface area contributed by atoms with Gasteiger partial charge in [-0.2, -0.15) is 10.5 Å². The van der Waals surface area contributed by atoms with Gasteiger partial charge >= 0.3 is 0 Å². The van der Waals surface area contributed by atoms with Crippen LogP contribution in [-0.2, 0) is 6.42 Å². The minimum Gasteiger partial charge on any atom is -0.269 e. The van der Waals surface area contributed by atoms with Crippen molar-refractivity contribution < 1.29 is 9.59 Å². The van der Waals surface area contributed by atoms with Gasteiger partial charge in [0.15, 0.2) is 5.41 Å². The quantitative estimate of drug-likeness (QED) is 0.333. The maximum Gasteiger partial charge on any atom is 0.262 e. The molecule has 4 rings (SSSR count). The van der Waals surface area contributed by atoms with E-state index in [0.29, 0.717) is 10.0 Å². The molecule has 1 aliphatic heterocycles. The number of benzene rings is 3. The molecule has 3 aromatic carbocycles. The molecule has 0 saturated heterocycles. The van der Waals surface area contributed by atoms with Crippen molar-refractivity contribution in [2.45, 2.75) is 25.8 Å². The lowest BCUT2D eigenvalue weighted by Gasteiger charge is -2.34. The Balaban J connectivity index is 1.86. The van der Waals surface area contributed by atoms with Crippen LogP contribution in [-0.4, -0.2) is 16.7 Å². The van der Waals surface area contributed by atoms with E-state index in [1.165, 1.54) is 11.6 Å². The Morgan fingerprint density at radius 3 is 1.97 bits per heavy atom. The second-order valence-electron chi connectivity index (χ2n) is 8.37. The monoisotopic (exact) mass is 523 g/mol. The van der Waals surface area contributed by atoms with E-state index in [1.807, 2.05) is 24.3 Å². The van der Waals surface area contributed by atoms with Crippen molar-refractivity contribution in [1.29, 1.82) is 10.5 Å². The van der Waals surface area contributed by atoms with Gasteiger partial charge < -0.3 is 0 Å². The van der Waals surface area contributed by atoms with Gasteiger partial charge in [-0.15, -0.1) is 0 Å². The molecule has 0 aliphatic carbocycles. The molecule has 5 nitrogen and oxygen atoms in total. The van der Waals surface area contributed by atoms with Crippen LogP contribution in [0.2, 0.25) is 0 Å². The molecule has 1 heterocycles. The van der Waals surface area contributed by atoms with Gasteiger partial charge in [0.1, 0.15) is 6.04 Å². The Kier molecular flexibility index (Phi) is 6.96. The largest absolute Gasteiger partial charge is 0.269 e. The van der Waals surface area contributed by atoms with Crippen LogP contribution in [0.1, 0.15) is 56.8 Å². The summed E-state index contributed by atoms with van der Waals surface area (Å²) in [6.07, 6.45) is 3.49. The Morgan fingerprint density at radius 1 is 0.914 bits per heavy atom. The van der Waals surface area contributed by atoms with Crippen molar-refractivity contribution in [2.24, 2.45) is 5.41 Å². The van der Waals surface area contributed by atoms with E-state index in [9.17, 15) is 20.1 Å². The Hall–Kier alpha value is -4.00. The summed E-state index contributed by atoms with van der Waals surface area (Å²) < 4.78 is 0.529. The lowest BCUT2D eigenvalue weighted by atomic mass is 9.77. The summed E-state index contributed by atoms with van der Waals surface area (Å²) in [7, 11) is 0. The van der Waals surface area contributed by atoms with Gasteiger partial charge in [-0.05, 0) is 41.3 Å². The molecule has 0 radical (unpaired) electrons. The molecule has 0 saturated carbocycles. The predicted molar refractivity (Wildman–Crippen MR) is 137 cm³/mol. The number of aryl methyl sites for hydroxylation is 1. The molecule has 0 aromatic heterocycles. The highest BCUT2D eigenvalue weighted by Crippen LogP contribution is 2.45. The molecule has 0 spiro atoms. The van der Waals surface area contributed by atoms with Gasteiger partial charge in [-0.1, -0.05) is 96.0 Å². The highest BCUT2D eigenvalue weighted by Gasteiger charge is 2.50. The van der Waals surface area contributed by atoms with E-state index in [-0.39, 0.29) is 11.1 Å². The number of hydrogen-bond donors (Lipinski definition) is 0. The van der Waals surface area contributed by atoms with Gasteiger partial charge in [0.05, 0.1) is 23.3 Å². The normalized spacial score (nSPS) is 14.3. The second-order valence-corrected chi connectivity index (χ2v) is 9.23. The van der Waals surface area contributed by atoms with Crippen LogP contribution >= 0.6 is 15.9 Å². The number of carbonyl (C=O) groups is 2. The maximum absolute atomic E-state index is 13.4. The molecule has 35 heavy (non-hydrogen) atoms. The number of rotatable bonds is 7. The highest BCUT2D eigenvalue weighted by molar-refractivity contribution is 9.15. The average molecular weight is 524 g/mol. The summed E-state index contributed by atoms with van der Waals surface area (Å²) in [5, 5.41) is 20.8. The third kappa shape index (κ3) is 4.41. The van der Waals surface area contributed by atoms with Crippen LogP contribution in [0.25, 0.3) is 4.48 Å². The van der Waals surface area contributed by atoms with Gasteiger partial charge in [0.25, 0.3) is 11.8 Å². The first kappa shape index (κ1) is 24.1. The Morgan fingerprint density at radius 2 is 1.46 bits per heavy atom. The molecule has 0 N–H and O–H groups in total. The number of nitrogens with zero attached hydrogens (tertiary/aromatic N) is 3. The molecule has 6 heteroatoms. The van der Waals surface area contributed by atoms with Crippen LogP contribution in [0.15, 0.2) is 84.9 Å². The van der Waals surface area contributed by atoms with Gasteiger partial charge in [-0.3, -0.25) is 14.5 Å². The fraction of sp³-hybridized carbons (Fsp3) is 0.172. The number of amides is 2. The molecule has 0 fully saturated rings. The van der Waals surface area contributed by atoms with E-state index in [4.69, 9.17) is 0 Å². The van der Waals surface area contributed by atoms with Crippen molar-refractivity contribution in [2.75, 3.05) is 0 Å². The summed E-state index contributed by atoms with van der Waals surface area (Å²) in [4.78, 5) is 27.9. The number of nitriles is 2. The van der Waals surface area contributed by atoms with Crippen molar-refractivity contribution in [3.05, 3.63) is 113 Å². The van der Waals surface area contributed by atoms with E-state index in [0.717, 1.165) is 23.3 Å². The van der Waals surface area contributed by atoms with E-state index in [2.05, 4.69) is 35.0 Å². The van der Waals surface area contributed by atoms with Crippen molar-refractivity contribution in [1.82, 2.24) is 4.90 Å². The molecular weight excluding hydrogens is 502 g/mol. The topological polar surface area (TPSA) is 85.0 Å². The number of fused-ring (bicyclic) bond motifs is 1. The number of halogens is 1. The molecular formula is C29H22BrN3O2. The SMILES string of the molecule is CCCc1ccc(C(Br)=CC(C#N)(C#N)C(c2ccccc2)N2C(=O)c3ccccc3C2=O)cc1. The highest BCUT2D eigenvalue weighted by atomic mass is 79.9. The van der Waals surface area contributed by atoms with Crippen molar-refractivity contribution in [3.8, 4) is 12.1 Å². The van der Waals surface area contributed by atoms with Crippen LogP contribution in [0.5, 0.6) is 0 Å². The van der Waals surface area contributed by atoms with E-state index in [1.54, 1.807) is 54.6 Å². The summed E-state index contributed by atoms with van der Waals surface area (Å²) in [6.45, 7) is 2.11. The number of carbonyl (C=O) groups excluding carboxylic acids is 2. The first-order valence-corrected chi connectivity index (χ1v) is 12.1. The molecule has 3 aromatic rings. The first-order chi connectivity index (χ1) is 17.0. The third-order valence-corrected chi connectivity index (χ3v) is 6.81. The molecule has 0 bridgehead atoms. The zero-order valence-corrected chi connectivity index (χ0v) is 20.7. The van der Waals surface area contributed by atoms with Crippen LogP contribution < -0.4 is 0 Å². The zero-order chi connectivity index (χ0) is 25.0. The van der Waals surface area contributed by atoms with Crippen LogP contribution in [0.3, 0.4) is 0 Å². The minimum atomic E-state index is -1.85. The fourth-order valence-corrected chi connectivity index (χ4v) is 5.01. The Labute approximate surface area is 213 Å².